The van der Waals surface area contributed by atoms with Crippen LogP contribution in [0, 0.1) is 5.92 Å². The van der Waals surface area contributed by atoms with Crippen molar-refractivity contribution in [3.05, 3.63) is 29.8 Å². The fourth-order valence-electron chi connectivity index (χ4n) is 1.85. The zero-order valence-electron chi connectivity index (χ0n) is 10.6. The van der Waals surface area contributed by atoms with Gasteiger partial charge in [-0.25, -0.2) is 0 Å². The van der Waals surface area contributed by atoms with Gasteiger partial charge in [0.1, 0.15) is 5.75 Å². The zero-order valence-corrected chi connectivity index (χ0v) is 10.6. The Morgan fingerprint density at radius 3 is 2.61 bits per heavy atom. The number of nitrogens with one attached hydrogen (secondary N) is 2. The number of carbonyl (C=O) groups is 1. The van der Waals surface area contributed by atoms with E-state index in [0.29, 0.717) is 6.54 Å². The molecule has 1 unspecified atom stereocenters. The number of carbonyl (C=O) groups excluding carboxylic acids is 1. The maximum atomic E-state index is 11.4. The molecule has 1 saturated carbocycles. The lowest BCUT2D eigenvalue weighted by Crippen LogP contribution is -2.33. The van der Waals surface area contributed by atoms with E-state index in [2.05, 4.69) is 17.6 Å². The summed E-state index contributed by atoms with van der Waals surface area (Å²) in [7, 11) is 0. The van der Waals surface area contributed by atoms with Crippen LogP contribution in [0.4, 0.5) is 0 Å². The van der Waals surface area contributed by atoms with E-state index in [9.17, 15) is 9.90 Å². The molecule has 18 heavy (non-hydrogen) atoms. The molecule has 1 aromatic carbocycles. The van der Waals surface area contributed by atoms with Crippen LogP contribution in [-0.2, 0) is 4.79 Å². The Morgan fingerprint density at radius 1 is 1.33 bits per heavy atom. The second-order valence-electron chi connectivity index (χ2n) is 4.83. The SMILES string of the molecule is CC(NCCNC(=O)C1CC1)c1ccc(O)cc1. The zero-order chi connectivity index (χ0) is 13.0. The van der Waals surface area contributed by atoms with Gasteiger partial charge in [-0.2, -0.15) is 0 Å². The van der Waals surface area contributed by atoms with E-state index < -0.39 is 0 Å². The highest BCUT2D eigenvalue weighted by Gasteiger charge is 2.28. The summed E-state index contributed by atoms with van der Waals surface area (Å²) in [6.45, 7) is 3.48. The minimum absolute atomic E-state index is 0.189. The molecule has 1 aromatic rings. The number of aromatic hydroxyl groups is 1. The van der Waals surface area contributed by atoms with Crippen LogP contribution in [0.3, 0.4) is 0 Å². The summed E-state index contributed by atoms with van der Waals surface area (Å²) in [5.74, 6) is 0.747. The first kappa shape index (κ1) is 12.9. The fraction of sp³-hybridized carbons (Fsp3) is 0.500. The topological polar surface area (TPSA) is 61.4 Å². The van der Waals surface area contributed by atoms with Crippen molar-refractivity contribution in [2.24, 2.45) is 5.92 Å². The monoisotopic (exact) mass is 248 g/mol. The first-order valence-corrected chi connectivity index (χ1v) is 6.47. The largest absolute Gasteiger partial charge is 0.508 e. The first-order chi connectivity index (χ1) is 8.66. The molecule has 0 bridgehead atoms. The maximum absolute atomic E-state index is 11.4. The Morgan fingerprint density at radius 2 is 2.00 bits per heavy atom. The predicted molar refractivity (Wildman–Crippen MR) is 70.3 cm³/mol. The summed E-state index contributed by atoms with van der Waals surface area (Å²) in [5, 5.41) is 15.5. The molecule has 1 atom stereocenters. The van der Waals surface area contributed by atoms with Gasteiger partial charge in [0, 0.05) is 25.0 Å². The maximum Gasteiger partial charge on any atom is 0.223 e. The van der Waals surface area contributed by atoms with Gasteiger partial charge in [0.2, 0.25) is 5.91 Å². The summed E-state index contributed by atoms with van der Waals surface area (Å²) in [4.78, 5) is 11.4. The van der Waals surface area contributed by atoms with Gasteiger partial charge in [-0.05, 0) is 37.5 Å². The number of amides is 1. The van der Waals surface area contributed by atoms with Crippen LogP contribution in [0.25, 0.3) is 0 Å². The van der Waals surface area contributed by atoms with E-state index in [0.717, 1.165) is 24.9 Å². The van der Waals surface area contributed by atoms with E-state index >= 15 is 0 Å². The van der Waals surface area contributed by atoms with Gasteiger partial charge in [0.15, 0.2) is 0 Å². The summed E-state index contributed by atoms with van der Waals surface area (Å²) in [5.41, 5.74) is 1.13. The molecule has 0 aromatic heterocycles. The van der Waals surface area contributed by atoms with Crippen molar-refractivity contribution in [2.45, 2.75) is 25.8 Å². The molecule has 0 saturated heterocycles. The number of rotatable bonds is 6. The van der Waals surface area contributed by atoms with Crippen LogP contribution in [0.15, 0.2) is 24.3 Å². The van der Waals surface area contributed by atoms with Crippen LogP contribution >= 0.6 is 0 Å². The van der Waals surface area contributed by atoms with Gasteiger partial charge in [-0.3, -0.25) is 4.79 Å². The molecule has 0 heterocycles. The van der Waals surface area contributed by atoms with E-state index in [1.807, 2.05) is 12.1 Å². The third-order valence-electron chi connectivity index (χ3n) is 3.22. The van der Waals surface area contributed by atoms with Crippen molar-refractivity contribution in [1.29, 1.82) is 0 Å². The van der Waals surface area contributed by atoms with Crippen LogP contribution in [0.2, 0.25) is 0 Å². The smallest absolute Gasteiger partial charge is 0.223 e. The fourth-order valence-corrected chi connectivity index (χ4v) is 1.85. The molecule has 1 aliphatic rings. The average molecular weight is 248 g/mol. The highest BCUT2D eigenvalue weighted by atomic mass is 16.3. The van der Waals surface area contributed by atoms with Crippen LogP contribution in [0.5, 0.6) is 5.75 Å². The van der Waals surface area contributed by atoms with Crippen LogP contribution < -0.4 is 10.6 Å². The van der Waals surface area contributed by atoms with Crippen LogP contribution in [0.1, 0.15) is 31.4 Å². The average Bonchev–Trinajstić information content (AvgIpc) is 3.19. The summed E-state index contributed by atoms with van der Waals surface area (Å²) in [6.07, 6.45) is 2.09. The highest BCUT2D eigenvalue weighted by Crippen LogP contribution is 2.28. The number of phenolic OH excluding ortho intramolecular Hbond substituents is 1. The van der Waals surface area contributed by atoms with E-state index in [4.69, 9.17) is 0 Å². The lowest BCUT2D eigenvalue weighted by Gasteiger charge is -2.14. The molecule has 1 aliphatic carbocycles. The summed E-state index contributed by atoms with van der Waals surface area (Å²) < 4.78 is 0. The quantitative estimate of drug-likeness (QED) is 0.670. The molecule has 4 nitrogen and oxygen atoms in total. The Balaban J connectivity index is 1.66. The lowest BCUT2D eigenvalue weighted by atomic mass is 10.1. The Bertz CT molecular complexity index is 399. The van der Waals surface area contributed by atoms with Gasteiger partial charge >= 0.3 is 0 Å². The highest BCUT2D eigenvalue weighted by molar-refractivity contribution is 5.80. The molecular formula is C14H20N2O2. The predicted octanol–water partition coefficient (Wildman–Crippen LogP) is 1.57. The van der Waals surface area contributed by atoms with Crippen molar-refractivity contribution in [3.8, 4) is 5.75 Å². The van der Waals surface area contributed by atoms with Crippen molar-refractivity contribution in [3.63, 3.8) is 0 Å². The minimum atomic E-state index is 0.189. The second-order valence-corrected chi connectivity index (χ2v) is 4.83. The Kier molecular flexibility index (Phi) is 4.20. The minimum Gasteiger partial charge on any atom is -0.508 e. The number of benzene rings is 1. The summed E-state index contributed by atoms with van der Waals surface area (Å²) in [6, 6.07) is 7.37. The molecule has 1 fully saturated rings. The Labute approximate surface area is 107 Å². The van der Waals surface area contributed by atoms with Gasteiger partial charge < -0.3 is 15.7 Å². The molecule has 2 rings (SSSR count). The second kappa shape index (κ2) is 5.87. The molecule has 0 spiro atoms. The molecule has 0 radical (unpaired) electrons. The first-order valence-electron chi connectivity index (χ1n) is 6.47. The van der Waals surface area contributed by atoms with E-state index in [1.54, 1.807) is 12.1 Å². The third kappa shape index (κ3) is 3.74. The number of hydrogen-bond acceptors (Lipinski definition) is 3. The number of hydrogen-bond donors (Lipinski definition) is 3. The molecule has 98 valence electrons. The molecule has 1 amide bonds. The number of phenols is 1. The van der Waals surface area contributed by atoms with Gasteiger partial charge in [0.25, 0.3) is 0 Å². The molecule has 3 N–H and O–H groups in total. The van der Waals surface area contributed by atoms with Crippen LogP contribution in [-0.4, -0.2) is 24.1 Å². The molecule has 0 aliphatic heterocycles. The van der Waals surface area contributed by atoms with Crippen molar-refractivity contribution >= 4 is 5.91 Å². The van der Waals surface area contributed by atoms with Crippen molar-refractivity contribution in [2.75, 3.05) is 13.1 Å². The summed E-state index contributed by atoms with van der Waals surface area (Å²) >= 11 is 0. The Hall–Kier alpha value is -1.55. The standard InChI is InChI=1S/C14H20N2O2/c1-10(11-4-6-13(17)7-5-11)15-8-9-16-14(18)12-2-3-12/h4-7,10,12,15,17H,2-3,8-9H2,1H3,(H,16,18). The van der Waals surface area contributed by atoms with Crippen molar-refractivity contribution < 1.29 is 9.90 Å². The lowest BCUT2D eigenvalue weighted by molar-refractivity contribution is -0.122. The van der Waals surface area contributed by atoms with E-state index in [-0.39, 0.29) is 23.6 Å². The normalized spacial score (nSPS) is 16.3. The van der Waals surface area contributed by atoms with Gasteiger partial charge in [-0.15, -0.1) is 0 Å². The molecule has 4 heteroatoms. The van der Waals surface area contributed by atoms with Crippen molar-refractivity contribution in [1.82, 2.24) is 10.6 Å². The van der Waals surface area contributed by atoms with Gasteiger partial charge in [-0.1, -0.05) is 12.1 Å². The molecular weight excluding hydrogens is 228 g/mol. The third-order valence-corrected chi connectivity index (χ3v) is 3.22. The van der Waals surface area contributed by atoms with E-state index in [1.165, 1.54) is 0 Å². The van der Waals surface area contributed by atoms with Gasteiger partial charge in [0.05, 0.1) is 0 Å².